The summed E-state index contributed by atoms with van der Waals surface area (Å²) in [7, 11) is 0. The van der Waals surface area contributed by atoms with Crippen molar-refractivity contribution in [2.45, 2.75) is 32.2 Å². The number of rotatable bonds is 9. The molecule has 19 heavy (non-hydrogen) atoms. The second kappa shape index (κ2) is 10.1. The fourth-order valence-electron chi connectivity index (χ4n) is 1.24. The van der Waals surface area contributed by atoms with E-state index in [2.05, 4.69) is 16.0 Å². The smallest absolute Gasteiger partial charge is 0.326 e. The quantitative estimate of drug-likeness (QED) is 0.370. The zero-order chi connectivity index (χ0) is 14.7. The monoisotopic (exact) mass is 275 g/mol. The van der Waals surface area contributed by atoms with Crippen LogP contribution in [0.5, 0.6) is 0 Å². The number of amides is 3. The van der Waals surface area contributed by atoms with Crippen molar-refractivity contribution < 1.29 is 24.6 Å². The van der Waals surface area contributed by atoms with Gasteiger partial charge in [-0.15, -0.1) is 0 Å². The topological polar surface area (TPSA) is 128 Å². The third-order valence-electron chi connectivity index (χ3n) is 2.23. The minimum atomic E-state index is -1.22. The molecule has 0 rings (SSSR count). The van der Waals surface area contributed by atoms with Crippen LogP contribution in [0, 0.1) is 0 Å². The van der Waals surface area contributed by atoms with Crippen LogP contribution in [0.15, 0.2) is 0 Å². The largest absolute Gasteiger partial charge is 0.480 e. The molecule has 1 atom stereocenters. The van der Waals surface area contributed by atoms with E-state index >= 15 is 0 Å². The Hall–Kier alpha value is -1.83. The molecule has 0 unspecified atom stereocenters. The van der Waals surface area contributed by atoms with Crippen LogP contribution in [0.3, 0.4) is 0 Å². The van der Waals surface area contributed by atoms with Crippen LogP contribution in [0.1, 0.15) is 26.2 Å². The molecule has 0 aromatic rings. The SMILES string of the molecule is CCCNC(=O)CCNC(=O)N[C@H](CCO)C(=O)O. The first-order valence-electron chi connectivity index (χ1n) is 6.16. The summed E-state index contributed by atoms with van der Waals surface area (Å²) < 4.78 is 0. The minimum absolute atomic E-state index is 0.0697. The predicted octanol–water partition coefficient (Wildman–Crippen LogP) is -0.962. The molecule has 0 saturated heterocycles. The van der Waals surface area contributed by atoms with Crippen LogP contribution in [0.25, 0.3) is 0 Å². The van der Waals surface area contributed by atoms with E-state index in [1.807, 2.05) is 6.92 Å². The molecule has 0 aliphatic heterocycles. The predicted molar refractivity (Wildman–Crippen MR) is 67.6 cm³/mol. The Morgan fingerprint density at radius 1 is 1.16 bits per heavy atom. The average molecular weight is 275 g/mol. The van der Waals surface area contributed by atoms with Gasteiger partial charge in [0.15, 0.2) is 0 Å². The van der Waals surface area contributed by atoms with Gasteiger partial charge in [0.05, 0.1) is 0 Å². The summed E-state index contributed by atoms with van der Waals surface area (Å²) in [6, 6.07) is -1.82. The van der Waals surface area contributed by atoms with Crippen molar-refractivity contribution in [2.24, 2.45) is 0 Å². The number of carbonyl (C=O) groups excluding carboxylic acids is 2. The van der Waals surface area contributed by atoms with Gasteiger partial charge in [-0.05, 0) is 6.42 Å². The van der Waals surface area contributed by atoms with Gasteiger partial charge >= 0.3 is 12.0 Å². The van der Waals surface area contributed by atoms with Crippen LogP contribution >= 0.6 is 0 Å². The van der Waals surface area contributed by atoms with Crippen LogP contribution in [-0.2, 0) is 9.59 Å². The molecule has 0 heterocycles. The van der Waals surface area contributed by atoms with Crippen molar-refractivity contribution in [3.05, 3.63) is 0 Å². The fraction of sp³-hybridized carbons (Fsp3) is 0.727. The molecule has 3 amide bonds. The zero-order valence-corrected chi connectivity index (χ0v) is 10.9. The van der Waals surface area contributed by atoms with E-state index in [1.54, 1.807) is 0 Å². The number of aliphatic carboxylic acids is 1. The molecule has 0 bridgehead atoms. The Balaban J connectivity index is 3.85. The van der Waals surface area contributed by atoms with E-state index in [0.29, 0.717) is 6.54 Å². The van der Waals surface area contributed by atoms with Gasteiger partial charge in [-0.25, -0.2) is 9.59 Å². The van der Waals surface area contributed by atoms with Gasteiger partial charge in [-0.2, -0.15) is 0 Å². The summed E-state index contributed by atoms with van der Waals surface area (Å²) in [6.45, 7) is 2.30. The lowest BCUT2D eigenvalue weighted by Gasteiger charge is -2.13. The molecule has 0 aromatic carbocycles. The third kappa shape index (κ3) is 8.83. The number of nitrogens with one attached hydrogen (secondary N) is 3. The Bertz CT molecular complexity index is 309. The van der Waals surface area contributed by atoms with Gasteiger partial charge in [0.25, 0.3) is 0 Å². The number of aliphatic hydroxyl groups excluding tert-OH is 1. The highest BCUT2D eigenvalue weighted by Crippen LogP contribution is 1.91. The van der Waals surface area contributed by atoms with Crippen LogP contribution in [0.4, 0.5) is 4.79 Å². The summed E-state index contributed by atoms with van der Waals surface area (Å²) in [5, 5.41) is 24.6. The summed E-state index contributed by atoms with van der Waals surface area (Å²) >= 11 is 0. The number of carbonyl (C=O) groups is 3. The van der Waals surface area contributed by atoms with Gasteiger partial charge in [0.2, 0.25) is 5.91 Å². The molecule has 5 N–H and O–H groups in total. The molecule has 0 saturated carbocycles. The van der Waals surface area contributed by atoms with E-state index in [1.165, 1.54) is 0 Å². The molecule has 110 valence electrons. The molecule has 0 radical (unpaired) electrons. The lowest BCUT2D eigenvalue weighted by Crippen LogP contribution is -2.47. The number of urea groups is 1. The number of carboxylic acids is 1. The van der Waals surface area contributed by atoms with Crippen LogP contribution in [0.2, 0.25) is 0 Å². The van der Waals surface area contributed by atoms with E-state index in [4.69, 9.17) is 10.2 Å². The number of carboxylic acid groups (broad SMARTS) is 1. The van der Waals surface area contributed by atoms with Gasteiger partial charge in [0, 0.05) is 32.5 Å². The Morgan fingerprint density at radius 2 is 1.84 bits per heavy atom. The highest BCUT2D eigenvalue weighted by Gasteiger charge is 2.18. The first-order valence-corrected chi connectivity index (χ1v) is 6.16. The van der Waals surface area contributed by atoms with Crippen LogP contribution < -0.4 is 16.0 Å². The van der Waals surface area contributed by atoms with Crippen molar-refractivity contribution in [1.29, 1.82) is 0 Å². The van der Waals surface area contributed by atoms with Crippen LogP contribution in [-0.4, -0.2) is 53.9 Å². The number of hydrogen-bond donors (Lipinski definition) is 5. The summed E-state index contributed by atoms with van der Waals surface area (Å²) in [5.41, 5.74) is 0. The maximum absolute atomic E-state index is 11.3. The van der Waals surface area contributed by atoms with Crippen molar-refractivity contribution in [2.75, 3.05) is 19.7 Å². The second-order valence-corrected chi connectivity index (χ2v) is 3.90. The van der Waals surface area contributed by atoms with Gasteiger partial charge in [-0.3, -0.25) is 4.79 Å². The molecule has 0 aliphatic rings. The van der Waals surface area contributed by atoms with Gasteiger partial charge in [0.1, 0.15) is 6.04 Å². The summed E-state index contributed by atoms with van der Waals surface area (Å²) in [5.74, 6) is -1.39. The Kier molecular flexibility index (Phi) is 9.15. The maximum Gasteiger partial charge on any atom is 0.326 e. The van der Waals surface area contributed by atoms with Crippen molar-refractivity contribution in [1.82, 2.24) is 16.0 Å². The minimum Gasteiger partial charge on any atom is -0.480 e. The normalized spacial score (nSPS) is 11.5. The third-order valence-corrected chi connectivity index (χ3v) is 2.23. The molecule has 8 nitrogen and oxygen atoms in total. The molecule has 8 heteroatoms. The van der Waals surface area contributed by atoms with Crippen molar-refractivity contribution in [3.8, 4) is 0 Å². The fourth-order valence-corrected chi connectivity index (χ4v) is 1.24. The first-order chi connectivity index (χ1) is 9.01. The lowest BCUT2D eigenvalue weighted by atomic mass is 10.2. The molecular weight excluding hydrogens is 254 g/mol. The van der Waals surface area contributed by atoms with Crippen molar-refractivity contribution in [3.63, 3.8) is 0 Å². The average Bonchev–Trinajstić information content (AvgIpc) is 2.35. The number of aliphatic hydroxyl groups is 1. The standard InChI is InChI=1S/C11H21N3O5/c1-2-5-12-9(16)3-6-13-11(19)14-8(4-7-15)10(17)18/h8,15H,2-7H2,1H3,(H,12,16)(H,17,18)(H2,13,14,19)/t8-/m1/s1. The molecule has 0 aliphatic carbocycles. The molecule has 0 spiro atoms. The summed E-state index contributed by atoms with van der Waals surface area (Å²) in [4.78, 5) is 33.2. The first kappa shape index (κ1) is 17.2. The number of hydrogen-bond acceptors (Lipinski definition) is 4. The second-order valence-electron chi connectivity index (χ2n) is 3.90. The highest BCUT2D eigenvalue weighted by molar-refractivity contribution is 5.83. The maximum atomic E-state index is 11.3. The molecular formula is C11H21N3O5. The van der Waals surface area contributed by atoms with Crippen molar-refractivity contribution >= 4 is 17.9 Å². The van der Waals surface area contributed by atoms with Gasteiger partial charge < -0.3 is 26.2 Å². The van der Waals surface area contributed by atoms with E-state index in [-0.39, 0.29) is 31.9 Å². The zero-order valence-electron chi connectivity index (χ0n) is 10.9. The van der Waals surface area contributed by atoms with E-state index in [0.717, 1.165) is 6.42 Å². The van der Waals surface area contributed by atoms with E-state index < -0.39 is 18.0 Å². The summed E-state index contributed by atoms with van der Waals surface area (Å²) in [6.07, 6.45) is 0.895. The molecule has 0 aromatic heterocycles. The Morgan fingerprint density at radius 3 is 2.37 bits per heavy atom. The molecule has 0 fully saturated rings. The lowest BCUT2D eigenvalue weighted by molar-refractivity contribution is -0.139. The Labute approximate surface area is 111 Å². The highest BCUT2D eigenvalue weighted by atomic mass is 16.4. The van der Waals surface area contributed by atoms with E-state index in [9.17, 15) is 14.4 Å². The van der Waals surface area contributed by atoms with Gasteiger partial charge in [-0.1, -0.05) is 6.92 Å².